The Kier molecular flexibility index (Phi) is 5.54. The number of benzene rings is 1. The zero-order chi connectivity index (χ0) is 16.0. The number of rotatable bonds is 7. The van der Waals surface area contributed by atoms with E-state index in [2.05, 4.69) is 5.32 Å². The van der Waals surface area contributed by atoms with Crippen LogP contribution in [0, 0.1) is 0 Å². The van der Waals surface area contributed by atoms with E-state index in [-0.39, 0.29) is 12.1 Å². The van der Waals surface area contributed by atoms with E-state index in [0.29, 0.717) is 11.5 Å². The third-order valence-electron chi connectivity index (χ3n) is 2.81. The monoisotopic (exact) mass is 297 g/mol. The van der Waals surface area contributed by atoms with E-state index in [1.165, 1.54) is 27.2 Å². The van der Waals surface area contributed by atoms with Crippen molar-refractivity contribution in [3.8, 4) is 11.5 Å². The lowest BCUT2D eigenvalue weighted by molar-refractivity contribution is -0.141. The molecular weight excluding hydrogens is 278 g/mol. The summed E-state index contributed by atoms with van der Waals surface area (Å²) >= 11 is 0. The van der Waals surface area contributed by atoms with Gasteiger partial charge in [-0.3, -0.25) is 9.59 Å². The molecule has 0 aromatic heterocycles. The fraction of sp³-hybridized carbons (Fsp3) is 0.429. The number of methoxy groups -OCH3 is 2. The van der Waals surface area contributed by atoms with Gasteiger partial charge in [0, 0.05) is 6.54 Å². The summed E-state index contributed by atoms with van der Waals surface area (Å²) in [6.07, 6.45) is -0.470. The Balaban J connectivity index is 2.82. The molecule has 7 nitrogen and oxygen atoms in total. The molecule has 0 radical (unpaired) electrons. The number of aliphatic carboxylic acids is 1. The summed E-state index contributed by atoms with van der Waals surface area (Å²) in [4.78, 5) is 22.7. The quantitative estimate of drug-likeness (QED) is 0.683. The van der Waals surface area contributed by atoms with Crippen LogP contribution in [0.1, 0.15) is 23.7 Å². The van der Waals surface area contributed by atoms with E-state index in [1.807, 2.05) is 0 Å². The molecule has 0 aliphatic heterocycles. The highest BCUT2D eigenvalue weighted by molar-refractivity contribution is 5.97. The van der Waals surface area contributed by atoms with Crippen molar-refractivity contribution in [3.63, 3.8) is 0 Å². The second-order valence-corrected chi connectivity index (χ2v) is 4.82. The highest BCUT2D eigenvalue weighted by Gasteiger charge is 2.25. The lowest BCUT2D eigenvalue weighted by Gasteiger charge is -2.21. The number of ether oxygens (including phenoxy) is 2. The molecule has 0 heterocycles. The number of carbonyl (C=O) groups is 2. The van der Waals surface area contributed by atoms with Crippen molar-refractivity contribution in [2.45, 2.75) is 18.9 Å². The van der Waals surface area contributed by atoms with Gasteiger partial charge in [0.15, 0.2) is 0 Å². The summed E-state index contributed by atoms with van der Waals surface area (Å²) in [6, 6.07) is 4.74. The molecule has 1 aromatic rings. The summed E-state index contributed by atoms with van der Waals surface area (Å²) < 4.78 is 10.1. The van der Waals surface area contributed by atoms with Gasteiger partial charge in [-0.15, -0.1) is 0 Å². The number of hydrogen-bond acceptors (Lipinski definition) is 5. The Morgan fingerprint density at radius 1 is 1.29 bits per heavy atom. The molecule has 0 fully saturated rings. The summed E-state index contributed by atoms with van der Waals surface area (Å²) in [5.41, 5.74) is -1.30. The fourth-order valence-electron chi connectivity index (χ4n) is 1.75. The number of nitrogens with one attached hydrogen (secondary N) is 1. The Hall–Kier alpha value is -2.28. The number of carbonyl (C=O) groups excluding carboxylic acids is 1. The van der Waals surface area contributed by atoms with Gasteiger partial charge in [-0.2, -0.15) is 0 Å². The lowest BCUT2D eigenvalue weighted by atomic mass is 10.0. The van der Waals surface area contributed by atoms with Crippen LogP contribution in [-0.2, 0) is 4.79 Å². The maximum atomic E-state index is 12.1. The van der Waals surface area contributed by atoms with Crippen LogP contribution in [-0.4, -0.2) is 48.5 Å². The summed E-state index contributed by atoms with van der Waals surface area (Å²) in [7, 11) is 2.90. The number of hydrogen-bond donors (Lipinski definition) is 3. The van der Waals surface area contributed by atoms with Crippen molar-refractivity contribution in [1.29, 1.82) is 0 Å². The Labute approximate surface area is 122 Å². The Bertz CT molecular complexity index is 526. The van der Waals surface area contributed by atoms with E-state index >= 15 is 0 Å². The average Bonchev–Trinajstić information content (AvgIpc) is 2.42. The van der Waals surface area contributed by atoms with Crippen molar-refractivity contribution >= 4 is 11.9 Å². The normalized spacial score (nSPS) is 13.1. The van der Waals surface area contributed by atoms with Gasteiger partial charge in [0.25, 0.3) is 5.91 Å². The van der Waals surface area contributed by atoms with E-state index in [9.17, 15) is 14.7 Å². The van der Waals surface area contributed by atoms with Crippen LogP contribution in [0.2, 0.25) is 0 Å². The largest absolute Gasteiger partial charge is 0.497 e. The first-order chi connectivity index (χ1) is 9.79. The molecule has 7 heteroatoms. The van der Waals surface area contributed by atoms with Crippen molar-refractivity contribution in [2.75, 3.05) is 20.8 Å². The molecule has 0 spiro atoms. The van der Waals surface area contributed by atoms with Crippen molar-refractivity contribution in [1.82, 2.24) is 5.32 Å². The number of carboxylic acid groups (broad SMARTS) is 1. The first kappa shape index (κ1) is 16.8. The third kappa shape index (κ3) is 4.96. The second kappa shape index (κ2) is 6.94. The molecule has 0 saturated carbocycles. The highest BCUT2D eigenvalue weighted by Crippen LogP contribution is 2.24. The summed E-state index contributed by atoms with van der Waals surface area (Å²) in [5.74, 6) is -0.797. The minimum absolute atomic E-state index is 0.196. The first-order valence-electron chi connectivity index (χ1n) is 6.23. The predicted molar refractivity (Wildman–Crippen MR) is 74.8 cm³/mol. The molecule has 1 rings (SSSR count). The second-order valence-electron chi connectivity index (χ2n) is 4.82. The molecule has 0 aliphatic carbocycles. The molecule has 1 aromatic carbocycles. The molecule has 1 unspecified atom stereocenters. The molecule has 21 heavy (non-hydrogen) atoms. The fourth-order valence-corrected chi connectivity index (χ4v) is 1.75. The number of aliphatic hydroxyl groups is 1. The molecule has 0 saturated heterocycles. The van der Waals surface area contributed by atoms with Crippen LogP contribution < -0.4 is 14.8 Å². The standard InChI is InChI=1S/C14H19NO6/c1-14(19,7-12(16)17)8-15-13(18)10-6-9(20-2)4-5-11(10)21-3/h4-6,19H,7-8H2,1-3H3,(H,15,18)(H,16,17). The van der Waals surface area contributed by atoms with Crippen LogP contribution in [0.15, 0.2) is 18.2 Å². The summed E-state index contributed by atoms with van der Waals surface area (Å²) in [6.45, 7) is 1.14. The highest BCUT2D eigenvalue weighted by atomic mass is 16.5. The van der Waals surface area contributed by atoms with Crippen LogP contribution in [0.25, 0.3) is 0 Å². The molecule has 0 aliphatic rings. The zero-order valence-corrected chi connectivity index (χ0v) is 12.2. The van der Waals surface area contributed by atoms with Gasteiger partial charge in [-0.1, -0.05) is 0 Å². The van der Waals surface area contributed by atoms with Crippen molar-refractivity contribution in [3.05, 3.63) is 23.8 Å². The van der Waals surface area contributed by atoms with E-state index < -0.39 is 23.9 Å². The van der Waals surface area contributed by atoms with Crippen LogP contribution >= 0.6 is 0 Å². The first-order valence-corrected chi connectivity index (χ1v) is 6.23. The smallest absolute Gasteiger partial charge is 0.306 e. The molecular formula is C14H19NO6. The SMILES string of the molecule is COc1ccc(OC)c(C(=O)NCC(C)(O)CC(=O)O)c1. The van der Waals surface area contributed by atoms with Gasteiger partial charge in [-0.05, 0) is 25.1 Å². The van der Waals surface area contributed by atoms with E-state index in [1.54, 1.807) is 12.1 Å². The predicted octanol–water partition coefficient (Wildman–Crippen LogP) is 0.659. The maximum Gasteiger partial charge on any atom is 0.306 e. The zero-order valence-electron chi connectivity index (χ0n) is 12.2. The minimum atomic E-state index is -1.53. The number of amides is 1. The van der Waals surface area contributed by atoms with Gasteiger partial charge < -0.3 is 25.0 Å². The lowest BCUT2D eigenvalue weighted by Crippen LogP contribution is -2.42. The van der Waals surface area contributed by atoms with Crippen molar-refractivity contribution < 1.29 is 29.3 Å². The Morgan fingerprint density at radius 3 is 2.48 bits per heavy atom. The average molecular weight is 297 g/mol. The van der Waals surface area contributed by atoms with Gasteiger partial charge in [-0.25, -0.2) is 0 Å². The molecule has 1 amide bonds. The Morgan fingerprint density at radius 2 is 1.95 bits per heavy atom. The van der Waals surface area contributed by atoms with Crippen LogP contribution in [0.5, 0.6) is 11.5 Å². The molecule has 0 bridgehead atoms. The van der Waals surface area contributed by atoms with Gasteiger partial charge >= 0.3 is 5.97 Å². The van der Waals surface area contributed by atoms with Crippen molar-refractivity contribution in [2.24, 2.45) is 0 Å². The van der Waals surface area contributed by atoms with Gasteiger partial charge in [0.1, 0.15) is 11.5 Å². The minimum Gasteiger partial charge on any atom is -0.497 e. The molecule has 116 valence electrons. The molecule has 1 atom stereocenters. The summed E-state index contributed by atoms with van der Waals surface area (Å²) in [5, 5.41) is 21.0. The van der Waals surface area contributed by atoms with Gasteiger partial charge in [0.05, 0.1) is 31.8 Å². The molecule has 3 N–H and O–H groups in total. The van der Waals surface area contributed by atoms with E-state index in [4.69, 9.17) is 14.6 Å². The topological polar surface area (TPSA) is 105 Å². The maximum absolute atomic E-state index is 12.1. The third-order valence-corrected chi connectivity index (χ3v) is 2.81. The number of carboxylic acids is 1. The van der Waals surface area contributed by atoms with Gasteiger partial charge in [0.2, 0.25) is 0 Å². The van der Waals surface area contributed by atoms with Crippen LogP contribution in [0.3, 0.4) is 0 Å². The van der Waals surface area contributed by atoms with Crippen LogP contribution in [0.4, 0.5) is 0 Å². The van der Waals surface area contributed by atoms with E-state index in [0.717, 1.165) is 0 Å².